The Bertz CT molecular complexity index is 269. The van der Waals surface area contributed by atoms with Crippen molar-refractivity contribution in [2.24, 2.45) is 5.73 Å². The van der Waals surface area contributed by atoms with E-state index in [1.54, 1.807) is 18.2 Å². The highest BCUT2D eigenvalue weighted by Crippen LogP contribution is 2.08. The lowest BCUT2D eigenvalue weighted by molar-refractivity contribution is 0.914. The Hall–Kier alpha value is -1.60. The molecule has 1 unspecified atom stereocenters. The minimum absolute atomic E-state index is 0.0267. The van der Waals surface area contributed by atoms with Crippen LogP contribution in [0.3, 0.4) is 0 Å². The summed E-state index contributed by atoms with van der Waals surface area (Å²) in [5.74, 6) is 0. The maximum atomic E-state index is 5.68. The molecule has 1 aromatic rings. The number of hydrogen-bond acceptors (Lipinski definition) is 1. The highest BCUT2D eigenvalue weighted by Gasteiger charge is 1.96. The van der Waals surface area contributed by atoms with Gasteiger partial charge in [0.15, 0.2) is 0 Å². The van der Waals surface area contributed by atoms with Crippen molar-refractivity contribution in [2.45, 2.75) is 19.9 Å². The molecule has 1 aromatic carbocycles. The number of allylic oxidation sites excluding steroid dienone is 2. The first-order valence-corrected chi connectivity index (χ1v) is 5.25. The van der Waals surface area contributed by atoms with Crippen molar-refractivity contribution in [3.05, 3.63) is 73.9 Å². The van der Waals surface area contributed by atoms with Crippen LogP contribution in [0, 0.1) is 0 Å². The van der Waals surface area contributed by atoms with Crippen molar-refractivity contribution in [2.75, 3.05) is 0 Å². The van der Waals surface area contributed by atoms with Crippen LogP contribution < -0.4 is 5.73 Å². The molecule has 0 amide bonds. The summed E-state index contributed by atoms with van der Waals surface area (Å²) in [6.07, 6.45) is 5.23. The molecule has 16 heavy (non-hydrogen) atoms. The molecule has 0 saturated carbocycles. The van der Waals surface area contributed by atoms with E-state index >= 15 is 0 Å². The Balaban J connectivity index is 0. The molecule has 1 rings (SSSR count). The van der Waals surface area contributed by atoms with Crippen LogP contribution in [0.1, 0.15) is 25.5 Å². The molecule has 0 fully saturated rings. The fourth-order valence-electron chi connectivity index (χ4n) is 0.811. The number of benzene rings is 1. The first kappa shape index (κ1) is 16.8. The average Bonchev–Trinajstić information content (AvgIpc) is 2.31. The zero-order chi connectivity index (χ0) is 12.8. The summed E-state index contributed by atoms with van der Waals surface area (Å²) in [6, 6.07) is 9.87. The second kappa shape index (κ2) is 13.4. The minimum atomic E-state index is -0.0267. The van der Waals surface area contributed by atoms with E-state index in [0.29, 0.717) is 0 Å². The molecule has 0 heterocycles. The van der Waals surface area contributed by atoms with Crippen molar-refractivity contribution >= 4 is 0 Å². The van der Waals surface area contributed by atoms with Crippen molar-refractivity contribution in [1.29, 1.82) is 0 Å². The molecule has 2 N–H and O–H groups in total. The van der Waals surface area contributed by atoms with Crippen molar-refractivity contribution in [1.82, 2.24) is 0 Å². The average molecular weight is 217 g/mol. The fraction of sp³-hybridized carbons (Fsp3) is 0.200. The van der Waals surface area contributed by atoms with Gasteiger partial charge < -0.3 is 5.73 Å². The van der Waals surface area contributed by atoms with E-state index in [9.17, 15) is 0 Å². The molecule has 0 aliphatic rings. The normalized spacial score (nSPS) is 9.44. The van der Waals surface area contributed by atoms with E-state index in [4.69, 9.17) is 5.73 Å². The zero-order valence-electron chi connectivity index (χ0n) is 10.4. The van der Waals surface area contributed by atoms with Gasteiger partial charge in [0, 0.05) is 6.04 Å². The molecule has 0 aliphatic carbocycles. The maximum absolute atomic E-state index is 5.68. The Labute approximate surface area is 100.0 Å². The fourth-order valence-corrected chi connectivity index (χ4v) is 0.811. The van der Waals surface area contributed by atoms with Gasteiger partial charge in [-0.15, -0.1) is 19.7 Å². The van der Waals surface area contributed by atoms with Gasteiger partial charge in [-0.3, -0.25) is 0 Å². The van der Waals surface area contributed by atoms with Crippen LogP contribution in [0.4, 0.5) is 0 Å². The lowest BCUT2D eigenvalue weighted by atomic mass is 10.1. The summed E-state index contributed by atoms with van der Waals surface area (Å²) < 4.78 is 0. The van der Waals surface area contributed by atoms with Gasteiger partial charge in [-0.1, -0.05) is 48.6 Å². The third kappa shape index (κ3) is 10.5. The molecule has 1 atom stereocenters. The second-order valence-electron chi connectivity index (χ2n) is 2.99. The summed E-state index contributed by atoms with van der Waals surface area (Å²) in [5.41, 5.74) is 6.79. The summed E-state index contributed by atoms with van der Waals surface area (Å²) in [6.45, 7) is 14.1. The monoisotopic (exact) mass is 217 g/mol. The van der Waals surface area contributed by atoms with Gasteiger partial charge in [0.25, 0.3) is 0 Å². The smallest absolute Gasteiger partial charge is 0.0478 e. The van der Waals surface area contributed by atoms with Crippen molar-refractivity contribution in [3.63, 3.8) is 0 Å². The third-order valence-electron chi connectivity index (χ3n) is 1.44. The number of hydrogen-bond donors (Lipinski definition) is 1. The highest BCUT2D eigenvalue weighted by atomic mass is 14.6. The van der Waals surface area contributed by atoms with Gasteiger partial charge in [-0.2, -0.15) is 0 Å². The third-order valence-corrected chi connectivity index (χ3v) is 1.44. The molecule has 88 valence electrons. The molecule has 1 heteroatoms. The number of nitrogens with two attached hydrogens (primary N) is 1. The van der Waals surface area contributed by atoms with Crippen LogP contribution in [0.2, 0.25) is 0 Å². The molecule has 0 spiro atoms. The van der Waals surface area contributed by atoms with Gasteiger partial charge in [-0.25, -0.2) is 0 Å². The van der Waals surface area contributed by atoms with Crippen LogP contribution in [-0.2, 0) is 0 Å². The van der Waals surface area contributed by atoms with E-state index < -0.39 is 0 Å². The quantitative estimate of drug-likeness (QED) is 0.736. The first-order chi connectivity index (χ1) is 7.67. The second-order valence-corrected chi connectivity index (χ2v) is 2.99. The molecule has 0 aliphatic heterocycles. The van der Waals surface area contributed by atoms with E-state index in [2.05, 4.69) is 19.7 Å². The molecule has 0 aromatic heterocycles. The van der Waals surface area contributed by atoms with Crippen LogP contribution >= 0.6 is 0 Å². The molecule has 0 radical (unpaired) electrons. The summed E-state index contributed by atoms with van der Waals surface area (Å²) in [5, 5.41) is 0. The summed E-state index contributed by atoms with van der Waals surface area (Å²) in [7, 11) is 0. The van der Waals surface area contributed by atoms with E-state index in [-0.39, 0.29) is 6.04 Å². The SMILES string of the molecule is C=CC.C=CC.C=CC(N)c1ccccc1. The van der Waals surface area contributed by atoms with Gasteiger partial charge >= 0.3 is 0 Å². The van der Waals surface area contributed by atoms with Gasteiger partial charge in [-0.05, 0) is 19.4 Å². The highest BCUT2D eigenvalue weighted by molar-refractivity contribution is 5.21. The minimum Gasteiger partial charge on any atom is -0.321 e. The standard InChI is InChI=1S/C9H11N.2C3H6/c1-2-9(10)8-6-4-3-5-7-8;2*1-3-2/h2-7,9H,1,10H2;2*3H,1H2,2H3. The molecule has 0 saturated heterocycles. The van der Waals surface area contributed by atoms with E-state index in [1.807, 2.05) is 44.2 Å². The van der Waals surface area contributed by atoms with Crippen molar-refractivity contribution < 1.29 is 0 Å². The van der Waals surface area contributed by atoms with Crippen LogP contribution in [0.15, 0.2) is 68.3 Å². The molecule has 0 bridgehead atoms. The molecule has 1 nitrogen and oxygen atoms in total. The molecular weight excluding hydrogens is 194 g/mol. The van der Waals surface area contributed by atoms with Crippen molar-refractivity contribution in [3.8, 4) is 0 Å². The predicted octanol–water partition coefficient (Wildman–Crippen LogP) is 4.26. The van der Waals surface area contributed by atoms with Gasteiger partial charge in [0.1, 0.15) is 0 Å². The predicted molar refractivity (Wildman–Crippen MR) is 75.3 cm³/mol. The summed E-state index contributed by atoms with van der Waals surface area (Å²) >= 11 is 0. The van der Waals surface area contributed by atoms with Crippen LogP contribution in [0.5, 0.6) is 0 Å². The van der Waals surface area contributed by atoms with E-state index in [0.717, 1.165) is 5.56 Å². The number of rotatable bonds is 2. The van der Waals surface area contributed by atoms with Gasteiger partial charge in [0.2, 0.25) is 0 Å². The maximum Gasteiger partial charge on any atom is 0.0478 e. The Morgan fingerprint density at radius 3 is 1.69 bits per heavy atom. The lowest BCUT2D eigenvalue weighted by Gasteiger charge is -2.03. The van der Waals surface area contributed by atoms with Crippen LogP contribution in [0.25, 0.3) is 0 Å². The largest absolute Gasteiger partial charge is 0.321 e. The topological polar surface area (TPSA) is 26.0 Å². The first-order valence-electron chi connectivity index (χ1n) is 5.25. The molecular formula is C15H23N. The Morgan fingerprint density at radius 1 is 1.00 bits per heavy atom. The van der Waals surface area contributed by atoms with Crippen LogP contribution in [-0.4, -0.2) is 0 Å². The Morgan fingerprint density at radius 2 is 1.38 bits per heavy atom. The lowest BCUT2D eigenvalue weighted by Crippen LogP contribution is -2.05. The summed E-state index contributed by atoms with van der Waals surface area (Å²) in [4.78, 5) is 0. The van der Waals surface area contributed by atoms with E-state index in [1.165, 1.54) is 0 Å². The Kier molecular flexibility index (Phi) is 14.1. The van der Waals surface area contributed by atoms with Gasteiger partial charge in [0.05, 0.1) is 0 Å². The zero-order valence-corrected chi connectivity index (χ0v) is 10.4.